The van der Waals surface area contributed by atoms with Gasteiger partial charge in [0.1, 0.15) is 11.5 Å². The second kappa shape index (κ2) is 5.28. The van der Waals surface area contributed by atoms with Gasteiger partial charge in [-0.15, -0.1) is 0 Å². The summed E-state index contributed by atoms with van der Waals surface area (Å²) in [7, 11) is 0. The van der Waals surface area contributed by atoms with Crippen LogP contribution >= 0.6 is 0 Å². The molecule has 2 rings (SSSR count). The van der Waals surface area contributed by atoms with E-state index in [-0.39, 0.29) is 24.0 Å². The van der Waals surface area contributed by atoms with Crippen LogP contribution in [0.2, 0.25) is 0 Å². The molecule has 0 radical (unpaired) electrons. The maximum atomic E-state index is 12.7. The summed E-state index contributed by atoms with van der Waals surface area (Å²) >= 11 is 0. The maximum Gasteiger partial charge on any atom is 0.416 e. The minimum atomic E-state index is -4.41. The predicted octanol–water partition coefficient (Wildman–Crippen LogP) is 3.98. The summed E-state index contributed by atoms with van der Waals surface area (Å²) in [5, 5.41) is 9.21. The zero-order valence-electron chi connectivity index (χ0n) is 11.0. The highest BCUT2D eigenvalue weighted by Crippen LogP contribution is 2.33. The molecule has 0 amide bonds. The lowest BCUT2D eigenvalue weighted by Gasteiger charge is -2.06. The summed E-state index contributed by atoms with van der Waals surface area (Å²) in [5.41, 5.74) is -0.168. The van der Waals surface area contributed by atoms with Crippen molar-refractivity contribution in [3.05, 3.63) is 41.3 Å². The fraction of sp³-hybridized carbons (Fsp3) is 0.357. The number of hydrogen-bond donors (Lipinski definition) is 1. The smallest absolute Gasteiger partial charge is 0.416 e. The number of rotatable bonds is 3. The quantitative estimate of drug-likeness (QED) is 0.928. The number of nitrogens with zero attached hydrogens (tertiary/aromatic N) is 1. The maximum absolute atomic E-state index is 12.7. The molecule has 1 aromatic heterocycles. The second-order valence-corrected chi connectivity index (χ2v) is 4.72. The molecule has 0 saturated heterocycles. The van der Waals surface area contributed by atoms with Gasteiger partial charge in [0.2, 0.25) is 5.89 Å². The Bertz CT molecular complexity index is 603. The van der Waals surface area contributed by atoms with E-state index in [4.69, 9.17) is 4.42 Å². The number of aromatic nitrogens is 1. The van der Waals surface area contributed by atoms with Crippen molar-refractivity contribution >= 4 is 0 Å². The third-order valence-electron chi connectivity index (χ3n) is 2.84. The van der Waals surface area contributed by atoms with Gasteiger partial charge in [0, 0.05) is 11.5 Å². The van der Waals surface area contributed by atoms with Gasteiger partial charge in [0.15, 0.2) is 0 Å². The first-order valence-corrected chi connectivity index (χ1v) is 6.11. The van der Waals surface area contributed by atoms with Crippen LogP contribution in [0.4, 0.5) is 13.2 Å². The first-order valence-electron chi connectivity index (χ1n) is 6.11. The highest BCUT2D eigenvalue weighted by molar-refractivity contribution is 5.55. The summed E-state index contributed by atoms with van der Waals surface area (Å²) in [6, 6.07) is 4.77. The van der Waals surface area contributed by atoms with Crippen LogP contribution in [0.1, 0.15) is 36.8 Å². The van der Waals surface area contributed by atoms with Gasteiger partial charge in [-0.1, -0.05) is 19.9 Å². The normalized spacial score (nSPS) is 12.2. The van der Waals surface area contributed by atoms with Gasteiger partial charge in [0.25, 0.3) is 0 Å². The Morgan fingerprint density at radius 1 is 1.30 bits per heavy atom. The van der Waals surface area contributed by atoms with Crippen LogP contribution in [0.3, 0.4) is 0 Å². The molecule has 6 heteroatoms. The van der Waals surface area contributed by atoms with E-state index in [1.54, 1.807) is 0 Å². The van der Waals surface area contributed by atoms with Crippen LogP contribution < -0.4 is 0 Å². The number of hydrogen-bond acceptors (Lipinski definition) is 3. The molecule has 1 aromatic carbocycles. The first-order chi connectivity index (χ1) is 9.32. The van der Waals surface area contributed by atoms with Crippen molar-refractivity contribution < 1.29 is 22.7 Å². The zero-order chi connectivity index (χ0) is 14.9. The predicted molar refractivity (Wildman–Crippen MR) is 67.0 cm³/mol. The van der Waals surface area contributed by atoms with Gasteiger partial charge in [-0.2, -0.15) is 13.2 Å². The van der Waals surface area contributed by atoms with Gasteiger partial charge in [-0.05, 0) is 18.2 Å². The Kier molecular flexibility index (Phi) is 3.85. The lowest BCUT2D eigenvalue weighted by Crippen LogP contribution is -2.04. The minimum absolute atomic E-state index is 0.0100. The Balaban J connectivity index is 2.47. The van der Waals surface area contributed by atoms with Crippen molar-refractivity contribution in [1.29, 1.82) is 0 Å². The molecule has 0 aliphatic heterocycles. The third kappa shape index (κ3) is 2.85. The fourth-order valence-electron chi connectivity index (χ4n) is 1.88. The van der Waals surface area contributed by atoms with Crippen LogP contribution in [0.5, 0.6) is 0 Å². The molecule has 0 fully saturated rings. The number of aliphatic hydroxyl groups excluding tert-OH is 1. The zero-order valence-corrected chi connectivity index (χ0v) is 11.0. The number of halogens is 3. The molecule has 0 bridgehead atoms. The van der Waals surface area contributed by atoms with Crippen LogP contribution in [-0.2, 0) is 12.8 Å². The third-order valence-corrected chi connectivity index (χ3v) is 2.84. The molecule has 0 unspecified atom stereocenters. The van der Waals surface area contributed by atoms with Crippen LogP contribution in [0, 0.1) is 0 Å². The number of aliphatic hydroxyl groups is 1. The monoisotopic (exact) mass is 285 g/mol. The van der Waals surface area contributed by atoms with Crippen LogP contribution in [0.15, 0.2) is 28.7 Å². The van der Waals surface area contributed by atoms with Gasteiger partial charge in [-0.3, -0.25) is 0 Å². The van der Waals surface area contributed by atoms with E-state index < -0.39 is 11.7 Å². The Morgan fingerprint density at radius 3 is 2.50 bits per heavy atom. The van der Waals surface area contributed by atoms with E-state index in [0.717, 1.165) is 12.1 Å². The SMILES string of the molecule is CC(C)c1oc(-c2cccc(C(F)(F)F)c2)nc1CO. The number of alkyl halides is 3. The molecular formula is C14H14F3NO2. The second-order valence-electron chi connectivity index (χ2n) is 4.72. The lowest BCUT2D eigenvalue weighted by molar-refractivity contribution is -0.137. The van der Waals surface area contributed by atoms with E-state index >= 15 is 0 Å². The van der Waals surface area contributed by atoms with Gasteiger partial charge >= 0.3 is 6.18 Å². The van der Waals surface area contributed by atoms with Crippen molar-refractivity contribution in [3.8, 4) is 11.5 Å². The molecule has 108 valence electrons. The van der Waals surface area contributed by atoms with E-state index in [0.29, 0.717) is 11.5 Å². The highest BCUT2D eigenvalue weighted by Gasteiger charge is 2.31. The van der Waals surface area contributed by atoms with E-state index in [1.165, 1.54) is 12.1 Å². The summed E-state index contributed by atoms with van der Waals surface area (Å²) < 4.78 is 43.5. The van der Waals surface area contributed by atoms with Crippen molar-refractivity contribution in [2.45, 2.75) is 32.5 Å². The Hall–Kier alpha value is -1.82. The summed E-state index contributed by atoms with van der Waals surface area (Å²) in [4.78, 5) is 4.06. The minimum Gasteiger partial charge on any atom is -0.441 e. The molecule has 0 spiro atoms. The Morgan fingerprint density at radius 2 is 2.00 bits per heavy atom. The molecule has 2 aromatic rings. The van der Waals surface area contributed by atoms with Crippen molar-refractivity contribution in [2.75, 3.05) is 0 Å². The first kappa shape index (κ1) is 14.6. The van der Waals surface area contributed by atoms with Crippen LogP contribution in [-0.4, -0.2) is 10.1 Å². The average molecular weight is 285 g/mol. The lowest BCUT2D eigenvalue weighted by atomic mass is 10.1. The van der Waals surface area contributed by atoms with Gasteiger partial charge in [0.05, 0.1) is 12.2 Å². The summed E-state index contributed by atoms with van der Waals surface area (Å²) in [5.74, 6) is 0.563. The van der Waals surface area contributed by atoms with Gasteiger partial charge in [-0.25, -0.2) is 4.98 Å². The molecule has 1 N–H and O–H groups in total. The standard InChI is InChI=1S/C14H14F3NO2/c1-8(2)12-11(7-19)18-13(20-12)9-4-3-5-10(6-9)14(15,16)17/h3-6,8,19H,7H2,1-2H3. The highest BCUT2D eigenvalue weighted by atomic mass is 19.4. The molecule has 20 heavy (non-hydrogen) atoms. The van der Waals surface area contributed by atoms with Crippen molar-refractivity contribution in [2.24, 2.45) is 0 Å². The number of oxazole rings is 1. The average Bonchev–Trinajstić information content (AvgIpc) is 2.82. The van der Waals surface area contributed by atoms with E-state index in [2.05, 4.69) is 4.98 Å². The molecule has 0 aliphatic rings. The topological polar surface area (TPSA) is 46.3 Å². The van der Waals surface area contributed by atoms with E-state index in [9.17, 15) is 18.3 Å². The molecule has 3 nitrogen and oxygen atoms in total. The molecule has 1 heterocycles. The van der Waals surface area contributed by atoms with Crippen molar-refractivity contribution in [3.63, 3.8) is 0 Å². The molecule has 0 atom stereocenters. The van der Waals surface area contributed by atoms with Crippen LogP contribution in [0.25, 0.3) is 11.5 Å². The fourth-order valence-corrected chi connectivity index (χ4v) is 1.88. The van der Waals surface area contributed by atoms with Crippen molar-refractivity contribution in [1.82, 2.24) is 4.98 Å². The largest absolute Gasteiger partial charge is 0.441 e. The summed E-state index contributed by atoms with van der Waals surface area (Å²) in [6.45, 7) is 3.40. The molecular weight excluding hydrogens is 271 g/mol. The number of benzene rings is 1. The Labute approximate surface area is 114 Å². The molecule has 0 aliphatic carbocycles. The van der Waals surface area contributed by atoms with Gasteiger partial charge < -0.3 is 9.52 Å². The summed E-state index contributed by atoms with van der Waals surface area (Å²) in [6.07, 6.45) is -4.41. The van der Waals surface area contributed by atoms with E-state index in [1.807, 2.05) is 13.8 Å². The molecule has 0 saturated carbocycles.